The quantitative estimate of drug-likeness (QED) is 0.185. The summed E-state index contributed by atoms with van der Waals surface area (Å²) in [5, 5.41) is 4.07. The Kier molecular flexibility index (Phi) is 6.79. The van der Waals surface area contributed by atoms with Gasteiger partial charge in [-0.3, -0.25) is 14.5 Å². The first kappa shape index (κ1) is 25.5. The van der Waals surface area contributed by atoms with Crippen molar-refractivity contribution in [3.63, 3.8) is 0 Å². The number of ether oxygens (including phenoxy) is 1. The molecule has 2 amide bonds. The molecule has 6 rings (SSSR count). The number of rotatable bonds is 6. The highest BCUT2D eigenvalue weighted by molar-refractivity contribution is 9.10. The third-order valence-corrected chi connectivity index (χ3v) is 8.64. The molecule has 1 aliphatic rings. The third-order valence-electron chi connectivity index (χ3n) is 7.04. The van der Waals surface area contributed by atoms with E-state index in [-0.39, 0.29) is 24.3 Å². The second kappa shape index (κ2) is 10.4. The van der Waals surface area contributed by atoms with Crippen LogP contribution in [0.4, 0.5) is 4.79 Å². The first-order valence-corrected chi connectivity index (χ1v) is 14.3. The average molecular weight is 598 g/mol. The molecule has 0 bridgehead atoms. The van der Waals surface area contributed by atoms with Gasteiger partial charge < -0.3 is 9.30 Å². The van der Waals surface area contributed by atoms with Crippen LogP contribution in [0.3, 0.4) is 0 Å². The number of hydrogen-bond acceptors (Lipinski definition) is 4. The highest BCUT2D eigenvalue weighted by atomic mass is 79.9. The summed E-state index contributed by atoms with van der Waals surface area (Å²) in [5.41, 5.74) is 4.04. The van der Waals surface area contributed by atoms with Crippen LogP contribution in [-0.2, 0) is 4.79 Å². The Morgan fingerprint density at radius 3 is 2.41 bits per heavy atom. The molecule has 0 atom stereocenters. The zero-order chi connectivity index (χ0) is 27.1. The molecule has 39 heavy (non-hydrogen) atoms. The Bertz CT molecular complexity index is 1800. The van der Waals surface area contributed by atoms with Crippen LogP contribution >= 0.6 is 27.7 Å². The van der Waals surface area contributed by atoms with Gasteiger partial charge in [0.15, 0.2) is 0 Å². The molecule has 4 aromatic carbocycles. The van der Waals surface area contributed by atoms with Crippen LogP contribution in [-0.4, -0.2) is 33.8 Å². The van der Waals surface area contributed by atoms with Crippen molar-refractivity contribution >= 4 is 66.5 Å². The topological polar surface area (TPSA) is 51.5 Å². The fraction of sp³-hybridized carbons (Fsp3) is 0.125. The maximum atomic E-state index is 13.2. The second-order valence-corrected chi connectivity index (χ2v) is 11.3. The van der Waals surface area contributed by atoms with Crippen molar-refractivity contribution < 1.29 is 14.3 Å². The Morgan fingerprint density at radius 1 is 0.872 bits per heavy atom. The largest absolute Gasteiger partial charge is 0.491 e. The van der Waals surface area contributed by atoms with E-state index in [1.165, 1.54) is 4.90 Å². The lowest BCUT2D eigenvalue weighted by Crippen LogP contribution is -2.32. The maximum Gasteiger partial charge on any atom is 0.293 e. The van der Waals surface area contributed by atoms with E-state index in [4.69, 9.17) is 4.74 Å². The van der Waals surface area contributed by atoms with E-state index in [1.807, 2.05) is 67.6 Å². The normalized spacial score (nSPS) is 14.7. The SMILES string of the molecule is Cc1cc(/C=C2\SC(=O)N(CCOc3cccc4ccccc34)C2=O)c(C)n1-c1ccc(Br)c2ccccc12. The van der Waals surface area contributed by atoms with Crippen LogP contribution in [0.5, 0.6) is 5.75 Å². The minimum Gasteiger partial charge on any atom is -0.491 e. The van der Waals surface area contributed by atoms with Gasteiger partial charge in [0.25, 0.3) is 11.1 Å². The number of amides is 2. The second-order valence-electron chi connectivity index (χ2n) is 9.43. The Labute approximate surface area is 239 Å². The van der Waals surface area contributed by atoms with Crippen molar-refractivity contribution in [3.8, 4) is 11.4 Å². The molecule has 0 spiro atoms. The van der Waals surface area contributed by atoms with E-state index in [9.17, 15) is 9.59 Å². The lowest BCUT2D eigenvalue weighted by atomic mass is 10.1. The lowest BCUT2D eigenvalue weighted by Gasteiger charge is -2.14. The first-order valence-electron chi connectivity index (χ1n) is 12.6. The van der Waals surface area contributed by atoms with Crippen molar-refractivity contribution in [2.24, 2.45) is 0 Å². The van der Waals surface area contributed by atoms with E-state index in [0.717, 1.165) is 66.2 Å². The fourth-order valence-corrected chi connectivity index (χ4v) is 6.48. The van der Waals surface area contributed by atoms with Crippen LogP contribution in [0.2, 0.25) is 0 Å². The monoisotopic (exact) mass is 596 g/mol. The number of fused-ring (bicyclic) bond motifs is 2. The zero-order valence-corrected chi connectivity index (χ0v) is 23.9. The van der Waals surface area contributed by atoms with E-state index in [1.54, 1.807) is 0 Å². The molecule has 194 valence electrons. The molecule has 0 radical (unpaired) electrons. The van der Waals surface area contributed by atoms with Crippen LogP contribution < -0.4 is 4.74 Å². The molecule has 0 unspecified atom stereocenters. The molecule has 0 aliphatic carbocycles. The van der Waals surface area contributed by atoms with Crippen molar-refractivity contribution in [1.82, 2.24) is 9.47 Å². The number of carbonyl (C=O) groups excluding carboxylic acids is 2. The molecular weight excluding hydrogens is 572 g/mol. The molecule has 0 saturated carbocycles. The smallest absolute Gasteiger partial charge is 0.293 e. The van der Waals surface area contributed by atoms with E-state index in [0.29, 0.717) is 4.91 Å². The Balaban J connectivity index is 1.23. The summed E-state index contributed by atoms with van der Waals surface area (Å²) < 4.78 is 9.22. The summed E-state index contributed by atoms with van der Waals surface area (Å²) >= 11 is 4.64. The van der Waals surface area contributed by atoms with Gasteiger partial charge in [-0.15, -0.1) is 0 Å². The van der Waals surface area contributed by atoms with Crippen LogP contribution in [0.25, 0.3) is 33.3 Å². The van der Waals surface area contributed by atoms with Gasteiger partial charge in [-0.25, -0.2) is 0 Å². The van der Waals surface area contributed by atoms with Crippen molar-refractivity contribution in [3.05, 3.63) is 111 Å². The van der Waals surface area contributed by atoms with Gasteiger partial charge in [-0.2, -0.15) is 0 Å². The zero-order valence-electron chi connectivity index (χ0n) is 21.5. The number of carbonyl (C=O) groups is 2. The number of benzene rings is 4. The molecular formula is C32H25BrN2O3S. The highest BCUT2D eigenvalue weighted by Gasteiger charge is 2.35. The molecule has 1 aliphatic heterocycles. The van der Waals surface area contributed by atoms with Crippen LogP contribution in [0.1, 0.15) is 17.0 Å². The van der Waals surface area contributed by atoms with Gasteiger partial charge >= 0.3 is 0 Å². The summed E-state index contributed by atoms with van der Waals surface area (Å²) in [6, 6.07) is 28.3. The number of aryl methyl sites for hydroxylation is 1. The Hall–Kier alpha value is -3.81. The molecule has 1 aromatic heterocycles. The number of imide groups is 1. The van der Waals surface area contributed by atoms with E-state index < -0.39 is 0 Å². The van der Waals surface area contributed by atoms with Crippen LogP contribution in [0, 0.1) is 13.8 Å². The van der Waals surface area contributed by atoms with Crippen LogP contribution in [0.15, 0.2) is 94.3 Å². The first-order chi connectivity index (χ1) is 18.9. The van der Waals surface area contributed by atoms with Gasteiger partial charge in [0, 0.05) is 26.6 Å². The number of nitrogens with zero attached hydrogens (tertiary/aromatic N) is 2. The minimum absolute atomic E-state index is 0.190. The van der Waals surface area contributed by atoms with Crippen molar-refractivity contribution in [2.75, 3.05) is 13.2 Å². The number of thioether (sulfide) groups is 1. The lowest BCUT2D eigenvalue weighted by molar-refractivity contribution is -0.123. The summed E-state index contributed by atoms with van der Waals surface area (Å²) in [7, 11) is 0. The minimum atomic E-state index is -0.287. The summed E-state index contributed by atoms with van der Waals surface area (Å²) in [5.74, 6) is 0.453. The standard InChI is InChI=1S/C32H25BrN2O3S/c1-20-18-23(21(2)35(20)28-15-14-27(33)25-11-5-6-12-26(25)28)19-30-31(36)34(32(37)39-30)16-17-38-29-13-7-9-22-8-3-4-10-24(22)29/h3-15,18-19H,16-17H2,1-2H3/b30-19-. The fourth-order valence-electron chi connectivity index (χ4n) is 5.15. The third kappa shape index (κ3) is 4.66. The predicted octanol–water partition coefficient (Wildman–Crippen LogP) is 8.28. The van der Waals surface area contributed by atoms with Gasteiger partial charge in [0.1, 0.15) is 12.4 Å². The molecule has 0 N–H and O–H groups in total. The summed E-state index contributed by atoms with van der Waals surface area (Å²) in [6.07, 6.45) is 1.83. The van der Waals surface area contributed by atoms with Gasteiger partial charge in [-0.1, -0.05) is 76.6 Å². The van der Waals surface area contributed by atoms with Crippen molar-refractivity contribution in [2.45, 2.75) is 13.8 Å². The van der Waals surface area contributed by atoms with Gasteiger partial charge in [0.2, 0.25) is 0 Å². The number of aromatic nitrogens is 1. The molecule has 2 heterocycles. The molecule has 7 heteroatoms. The van der Waals surface area contributed by atoms with Crippen molar-refractivity contribution in [1.29, 1.82) is 0 Å². The maximum absolute atomic E-state index is 13.2. The summed E-state index contributed by atoms with van der Waals surface area (Å²) in [6.45, 7) is 4.51. The molecule has 1 fully saturated rings. The summed E-state index contributed by atoms with van der Waals surface area (Å²) in [4.78, 5) is 27.7. The van der Waals surface area contributed by atoms with E-state index >= 15 is 0 Å². The van der Waals surface area contributed by atoms with E-state index in [2.05, 4.69) is 57.8 Å². The van der Waals surface area contributed by atoms with Gasteiger partial charge in [0.05, 0.1) is 17.1 Å². The number of halogens is 1. The molecule has 5 aromatic rings. The molecule has 1 saturated heterocycles. The average Bonchev–Trinajstić information content (AvgIpc) is 3.37. The highest BCUT2D eigenvalue weighted by Crippen LogP contribution is 2.36. The Morgan fingerprint density at radius 2 is 1.59 bits per heavy atom. The predicted molar refractivity (Wildman–Crippen MR) is 163 cm³/mol. The molecule has 5 nitrogen and oxygen atoms in total. The number of hydrogen-bond donors (Lipinski definition) is 0. The van der Waals surface area contributed by atoms with Gasteiger partial charge in [-0.05, 0) is 72.3 Å².